The summed E-state index contributed by atoms with van der Waals surface area (Å²) in [6, 6.07) is 17.6. The summed E-state index contributed by atoms with van der Waals surface area (Å²) < 4.78 is 0. The molecule has 1 aromatic heterocycles. The summed E-state index contributed by atoms with van der Waals surface area (Å²) in [5, 5.41) is 13.9. The quantitative estimate of drug-likeness (QED) is 0.713. The van der Waals surface area contributed by atoms with E-state index in [1.54, 1.807) is 6.20 Å². The second kappa shape index (κ2) is 6.67. The predicted octanol–water partition coefficient (Wildman–Crippen LogP) is 4.20. The summed E-state index contributed by atoms with van der Waals surface area (Å²) in [6.07, 6.45) is 2.61. The Kier molecular flexibility index (Phi) is 4.34. The van der Waals surface area contributed by atoms with Gasteiger partial charge in [0.25, 0.3) is 0 Å². The van der Waals surface area contributed by atoms with Gasteiger partial charge in [0.1, 0.15) is 6.10 Å². The Balaban J connectivity index is 1.49. The van der Waals surface area contributed by atoms with Crippen molar-refractivity contribution in [2.24, 2.45) is 0 Å². The van der Waals surface area contributed by atoms with Crippen LogP contribution in [0.1, 0.15) is 40.5 Å². The molecule has 0 spiro atoms. The van der Waals surface area contributed by atoms with E-state index in [9.17, 15) is 9.90 Å². The third-order valence-corrected chi connectivity index (χ3v) is 5.88. The van der Waals surface area contributed by atoms with Crippen LogP contribution in [0.25, 0.3) is 0 Å². The van der Waals surface area contributed by atoms with Crippen LogP contribution in [0, 0.1) is 6.92 Å². The van der Waals surface area contributed by atoms with Crippen molar-refractivity contribution in [3.05, 3.63) is 82.4 Å². The molecule has 26 heavy (non-hydrogen) atoms. The third kappa shape index (κ3) is 3.16. The molecule has 4 rings (SSSR count). The van der Waals surface area contributed by atoms with Crippen LogP contribution in [0.15, 0.2) is 60.8 Å². The van der Waals surface area contributed by atoms with E-state index in [0.717, 1.165) is 24.0 Å². The fourth-order valence-electron chi connectivity index (χ4n) is 3.13. The minimum absolute atomic E-state index is 0.0172. The highest BCUT2D eigenvalue weighted by Crippen LogP contribution is 2.49. The first kappa shape index (κ1) is 16.9. The van der Waals surface area contributed by atoms with Crippen molar-refractivity contribution in [2.75, 3.05) is 5.32 Å². The molecule has 5 heteroatoms. The van der Waals surface area contributed by atoms with Gasteiger partial charge >= 0.3 is 0 Å². The first-order valence-corrected chi connectivity index (χ1v) is 9.47. The lowest BCUT2D eigenvalue weighted by Gasteiger charge is -2.14. The average Bonchev–Trinajstić information content (AvgIpc) is 3.36. The molecule has 1 amide bonds. The van der Waals surface area contributed by atoms with Crippen LogP contribution in [-0.4, -0.2) is 16.0 Å². The minimum atomic E-state index is -0.730. The van der Waals surface area contributed by atoms with E-state index in [4.69, 9.17) is 0 Å². The van der Waals surface area contributed by atoms with Crippen molar-refractivity contribution >= 4 is 22.4 Å². The van der Waals surface area contributed by atoms with Crippen LogP contribution >= 0.6 is 11.3 Å². The highest BCUT2D eigenvalue weighted by Gasteiger charge is 2.51. The van der Waals surface area contributed by atoms with Crippen molar-refractivity contribution < 1.29 is 9.90 Å². The van der Waals surface area contributed by atoms with Gasteiger partial charge in [-0.2, -0.15) is 0 Å². The molecule has 2 N–H and O–H groups in total. The molecule has 3 aromatic rings. The Morgan fingerprint density at radius 1 is 1.15 bits per heavy atom. The summed E-state index contributed by atoms with van der Waals surface area (Å²) in [5.74, 6) is -0.0172. The number of amides is 1. The number of carbonyl (C=O) groups excluding carboxylic acids is 1. The zero-order valence-electron chi connectivity index (χ0n) is 14.5. The normalized spacial score (nSPS) is 16.1. The van der Waals surface area contributed by atoms with Crippen molar-refractivity contribution in [3.63, 3.8) is 0 Å². The molecule has 1 aliphatic rings. The van der Waals surface area contributed by atoms with Gasteiger partial charge in [0.2, 0.25) is 5.91 Å². The predicted molar refractivity (Wildman–Crippen MR) is 103 cm³/mol. The number of hydrogen-bond donors (Lipinski definition) is 2. The van der Waals surface area contributed by atoms with Gasteiger partial charge in [0.15, 0.2) is 5.13 Å². The van der Waals surface area contributed by atoms with E-state index in [1.807, 2.05) is 61.5 Å². The summed E-state index contributed by atoms with van der Waals surface area (Å²) in [5.41, 5.74) is 2.62. The van der Waals surface area contributed by atoms with E-state index in [0.29, 0.717) is 10.0 Å². The van der Waals surface area contributed by atoms with Crippen LogP contribution in [0.3, 0.4) is 0 Å². The first-order valence-electron chi connectivity index (χ1n) is 8.66. The SMILES string of the molecule is Cc1ccc(C2(C(=O)Nc3ncc(C(O)c4ccccc4)s3)CC2)cc1. The maximum absolute atomic E-state index is 12.8. The number of aliphatic hydroxyl groups excluding tert-OH is 1. The lowest BCUT2D eigenvalue weighted by atomic mass is 9.94. The molecule has 1 heterocycles. The molecule has 0 aliphatic heterocycles. The summed E-state index contributed by atoms with van der Waals surface area (Å²) in [6.45, 7) is 2.04. The number of hydrogen-bond acceptors (Lipinski definition) is 4. The number of benzene rings is 2. The number of anilines is 1. The molecule has 132 valence electrons. The molecule has 0 radical (unpaired) electrons. The maximum Gasteiger partial charge on any atom is 0.236 e. The lowest BCUT2D eigenvalue weighted by molar-refractivity contribution is -0.118. The summed E-state index contributed by atoms with van der Waals surface area (Å²) >= 11 is 1.31. The van der Waals surface area contributed by atoms with Crippen molar-refractivity contribution in [1.29, 1.82) is 0 Å². The number of nitrogens with zero attached hydrogens (tertiary/aromatic N) is 1. The molecular weight excluding hydrogens is 344 g/mol. The molecule has 0 bridgehead atoms. The van der Waals surface area contributed by atoms with Crippen LogP contribution in [0.5, 0.6) is 0 Å². The third-order valence-electron chi connectivity index (χ3n) is 4.92. The van der Waals surface area contributed by atoms with Gasteiger partial charge in [-0.15, -0.1) is 0 Å². The largest absolute Gasteiger partial charge is 0.383 e. The first-order chi connectivity index (χ1) is 12.6. The molecule has 1 atom stereocenters. The highest BCUT2D eigenvalue weighted by atomic mass is 32.1. The monoisotopic (exact) mass is 364 g/mol. The number of rotatable bonds is 5. The molecule has 4 nitrogen and oxygen atoms in total. The molecule has 1 saturated carbocycles. The van der Waals surface area contributed by atoms with Crippen LogP contribution in [0.4, 0.5) is 5.13 Å². The van der Waals surface area contributed by atoms with E-state index in [-0.39, 0.29) is 5.91 Å². The Labute approximate surface area is 156 Å². The highest BCUT2D eigenvalue weighted by molar-refractivity contribution is 7.15. The molecular formula is C21H20N2O2S. The summed E-state index contributed by atoms with van der Waals surface area (Å²) in [4.78, 5) is 17.8. The van der Waals surface area contributed by atoms with Gasteiger partial charge in [-0.25, -0.2) is 4.98 Å². The fraction of sp³-hybridized carbons (Fsp3) is 0.238. The van der Waals surface area contributed by atoms with Gasteiger partial charge in [-0.1, -0.05) is 71.5 Å². The van der Waals surface area contributed by atoms with Crippen LogP contribution in [0.2, 0.25) is 0 Å². The maximum atomic E-state index is 12.8. The van der Waals surface area contributed by atoms with Crippen molar-refractivity contribution in [1.82, 2.24) is 4.98 Å². The Morgan fingerprint density at radius 2 is 1.85 bits per heavy atom. The van der Waals surface area contributed by atoms with E-state index < -0.39 is 11.5 Å². The lowest BCUT2D eigenvalue weighted by Crippen LogP contribution is -2.27. The Hall–Kier alpha value is -2.50. The fourth-order valence-corrected chi connectivity index (χ4v) is 3.96. The zero-order valence-corrected chi connectivity index (χ0v) is 15.3. The van der Waals surface area contributed by atoms with Gasteiger partial charge in [-0.05, 0) is 30.9 Å². The number of aliphatic hydroxyl groups is 1. The zero-order chi connectivity index (χ0) is 18.1. The van der Waals surface area contributed by atoms with E-state index >= 15 is 0 Å². The number of aryl methyl sites for hydroxylation is 1. The smallest absolute Gasteiger partial charge is 0.236 e. The molecule has 1 fully saturated rings. The minimum Gasteiger partial charge on any atom is -0.383 e. The van der Waals surface area contributed by atoms with Crippen molar-refractivity contribution in [3.8, 4) is 0 Å². The number of nitrogens with one attached hydrogen (secondary N) is 1. The molecule has 2 aromatic carbocycles. The Morgan fingerprint density at radius 3 is 2.50 bits per heavy atom. The number of thiazole rings is 1. The van der Waals surface area contributed by atoms with Crippen LogP contribution < -0.4 is 5.32 Å². The average molecular weight is 364 g/mol. The Bertz CT molecular complexity index is 915. The second-order valence-electron chi connectivity index (χ2n) is 6.78. The van der Waals surface area contributed by atoms with Gasteiger partial charge in [0.05, 0.1) is 10.3 Å². The van der Waals surface area contributed by atoms with E-state index in [1.165, 1.54) is 16.9 Å². The molecule has 0 saturated heterocycles. The van der Waals surface area contributed by atoms with Gasteiger partial charge < -0.3 is 10.4 Å². The number of aromatic nitrogens is 1. The molecule has 1 unspecified atom stereocenters. The second-order valence-corrected chi connectivity index (χ2v) is 7.85. The van der Waals surface area contributed by atoms with Crippen LogP contribution in [-0.2, 0) is 10.2 Å². The number of carbonyl (C=O) groups is 1. The molecule has 1 aliphatic carbocycles. The van der Waals surface area contributed by atoms with E-state index in [2.05, 4.69) is 10.3 Å². The summed E-state index contributed by atoms with van der Waals surface area (Å²) in [7, 11) is 0. The standard InChI is InChI=1S/C21H20N2O2S/c1-14-7-9-16(10-8-14)21(11-12-21)19(25)23-20-22-13-17(26-20)18(24)15-5-3-2-4-6-15/h2-10,13,18,24H,11-12H2,1H3,(H,22,23,25). The van der Waals surface area contributed by atoms with Gasteiger partial charge in [0, 0.05) is 6.20 Å². The van der Waals surface area contributed by atoms with Gasteiger partial charge in [-0.3, -0.25) is 4.79 Å². The van der Waals surface area contributed by atoms with Crippen molar-refractivity contribution in [2.45, 2.75) is 31.3 Å². The topological polar surface area (TPSA) is 62.2 Å².